The van der Waals surface area contributed by atoms with Crippen molar-refractivity contribution in [3.05, 3.63) is 58.8 Å². The van der Waals surface area contributed by atoms with E-state index in [1.54, 1.807) is 36.5 Å². The summed E-state index contributed by atoms with van der Waals surface area (Å²) in [7, 11) is 0. The maximum Gasteiger partial charge on any atom is 0.335 e. The normalized spacial score (nSPS) is 20.0. The lowest BCUT2D eigenvalue weighted by Gasteiger charge is -2.23. The van der Waals surface area contributed by atoms with Gasteiger partial charge in [-0.15, -0.1) is 0 Å². The minimum Gasteiger partial charge on any atom is -0.478 e. The fraction of sp³-hybridized carbons (Fsp3) is 0.188. The molecule has 3 N–H and O–H groups in total. The van der Waals surface area contributed by atoms with E-state index in [0.717, 1.165) is 17.4 Å². The lowest BCUT2D eigenvalue weighted by atomic mass is 9.79. The second-order valence-electron chi connectivity index (χ2n) is 5.35. The Morgan fingerprint density at radius 2 is 2.05 bits per heavy atom. The van der Waals surface area contributed by atoms with Gasteiger partial charge in [0.15, 0.2) is 0 Å². The molecule has 5 nitrogen and oxygen atoms in total. The Balaban J connectivity index is 2.07. The molecule has 0 saturated carbocycles. The van der Waals surface area contributed by atoms with E-state index in [-0.39, 0.29) is 5.56 Å². The molecule has 1 aromatic heterocycles. The minimum absolute atomic E-state index is 0.231. The van der Waals surface area contributed by atoms with Crippen molar-refractivity contribution < 1.29 is 14.7 Å². The number of aromatic nitrogens is 1. The van der Waals surface area contributed by atoms with E-state index in [0.29, 0.717) is 24.2 Å². The average molecular weight is 282 g/mol. The molecule has 3 rings (SSSR count). The Morgan fingerprint density at radius 3 is 2.71 bits per heavy atom. The lowest BCUT2D eigenvalue weighted by Crippen LogP contribution is -2.30. The zero-order valence-corrected chi connectivity index (χ0v) is 11.2. The summed E-state index contributed by atoms with van der Waals surface area (Å²) in [5.41, 5.74) is 7.95. The Morgan fingerprint density at radius 1 is 1.29 bits per heavy atom. The molecule has 0 saturated heterocycles. The molecule has 0 amide bonds. The molecule has 1 heterocycles. The molecule has 0 bridgehead atoms. The predicted octanol–water partition coefficient (Wildman–Crippen LogP) is 1.60. The van der Waals surface area contributed by atoms with Crippen molar-refractivity contribution in [1.82, 2.24) is 4.98 Å². The minimum atomic E-state index is -0.970. The molecule has 0 aliphatic heterocycles. The summed E-state index contributed by atoms with van der Waals surface area (Å²) in [6, 6.07) is 8.53. The number of carbonyl (C=O) groups is 2. The number of carboxylic acid groups (broad SMARTS) is 1. The van der Waals surface area contributed by atoms with Crippen LogP contribution in [0.5, 0.6) is 0 Å². The van der Waals surface area contributed by atoms with E-state index in [2.05, 4.69) is 4.98 Å². The first-order valence-electron chi connectivity index (χ1n) is 6.58. The largest absolute Gasteiger partial charge is 0.478 e. The maximum atomic E-state index is 11.8. The van der Waals surface area contributed by atoms with Crippen molar-refractivity contribution in [2.24, 2.45) is 0 Å². The summed E-state index contributed by atoms with van der Waals surface area (Å²) >= 11 is 0. The first-order chi connectivity index (χ1) is 10.1. The number of anilines is 1. The zero-order valence-electron chi connectivity index (χ0n) is 11.2. The molecule has 5 heteroatoms. The third-order valence-corrected chi connectivity index (χ3v) is 4.07. The van der Waals surface area contributed by atoms with Gasteiger partial charge in [0.25, 0.3) is 0 Å². The number of rotatable bonds is 3. The molecular formula is C16H14N2O3. The number of nitrogen functional groups attached to an aromatic ring is 1. The van der Waals surface area contributed by atoms with Gasteiger partial charge in [-0.05, 0) is 42.2 Å². The Labute approximate surface area is 121 Å². The number of fused-ring (bicyclic) bond motifs is 1. The Bertz CT molecular complexity index is 742. The lowest BCUT2D eigenvalue weighted by molar-refractivity contribution is -0.112. The van der Waals surface area contributed by atoms with Crippen molar-refractivity contribution in [1.29, 1.82) is 0 Å². The third-order valence-electron chi connectivity index (χ3n) is 4.07. The third kappa shape index (κ3) is 2.07. The maximum absolute atomic E-state index is 11.8. The smallest absolute Gasteiger partial charge is 0.335 e. The summed E-state index contributed by atoms with van der Waals surface area (Å²) in [5.74, 6) is -0.627. The second kappa shape index (κ2) is 4.70. The van der Waals surface area contributed by atoms with E-state index >= 15 is 0 Å². The highest BCUT2D eigenvalue weighted by atomic mass is 16.4. The monoisotopic (exact) mass is 282 g/mol. The van der Waals surface area contributed by atoms with Gasteiger partial charge < -0.3 is 15.6 Å². The van der Waals surface area contributed by atoms with Gasteiger partial charge >= 0.3 is 5.97 Å². The van der Waals surface area contributed by atoms with E-state index in [1.165, 1.54) is 0 Å². The van der Waals surface area contributed by atoms with Crippen molar-refractivity contribution >= 4 is 18.1 Å². The van der Waals surface area contributed by atoms with Gasteiger partial charge in [0, 0.05) is 11.8 Å². The molecule has 1 atom stereocenters. The van der Waals surface area contributed by atoms with Crippen LogP contribution in [0, 0.1) is 0 Å². The number of carboxylic acids is 1. The highest BCUT2D eigenvalue weighted by Crippen LogP contribution is 2.40. The molecule has 21 heavy (non-hydrogen) atoms. The van der Waals surface area contributed by atoms with Crippen LogP contribution in [-0.4, -0.2) is 22.3 Å². The number of carbonyl (C=O) groups excluding carboxylic acids is 1. The first kappa shape index (κ1) is 13.3. The molecule has 1 aromatic carbocycles. The van der Waals surface area contributed by atoms with Gasteiger partial charge in [-0.25, -0.2) is 9.78 Å². The summed E-state index contributed by atoms with van der Waals surface area (Å²) in [6.45, 7) is 0. The van der Waals surface area contributed by atoms with Crippen LogP contribution in [0.15, 0.2) is 36.5 Å². The average Bonchev–Trinajstić information content (AvgIpc) is 2.86. The van der Waals surface area contributed by atoms with Crippen LogP contribution >= 0.6 is 0 Å². The van der Waals surface area contributed by atoms with Crippen molar-refractivity contribution in [2.45, 2.75) is 18.3 Å². The van der Waals surface area contributed by atoms with Gasteiger partial charge in [0.2, 0.25) is 0 Å². The van der Waals surface area contributed by atoms with E-state index in [9.17, 15) is 9.59 Å². The number of aldehydes is 1. The number of hydrogen-bond donors (Lipinski definition) is 2. The molecule has 1 unspecified atom stereocenters. The standard InChI is InChI=1S/C16H14N2O3/c17-14-13(2-1-5-18-14)16(9-19)7-11-4-3-10(15(20)21)6-12(11)8-16/h1-6,9H,7-8H2,(H2,17,18)(H,20,21). The highest BCUT2D eigenvalue weighted by molar-refractivity contribution is 5.88. The fourth-order valence-corrected chi connectivity index (χ4v) is 3.01. The molecule has 106 valence electrons. The summed E-state index contributed by atoms with van der Waals surface area (Å²) in [4.78, 5) is 26.9. The summed E-state index contributed by atoms with van der Waals surface area (Å²) < 4.78 is 0. The van der Waals surface area contributed by atoms with Crippen LogP contribution in [0.2, 0.25) is 0 Å². The van der Waals surface area contributed by atoms with Crippen LogP contribution in [0.3, 0.4) is 0 Å². The van der Waals surface area contributed by atoms with Gasteiger partial charge in [0.05, 0.1) is 11.0 Å². The van der Waals surface area contributed by atoms with E-state index in [4.69, 9.17) is 10.8 Å². The van der Waals surface area contributed by atoms with Gasteiger partial charge in [-0.3, -0.25) is 0 Å². The molecular weight excluding hydrogens is 268 g/mol. The number of benzene rings is 1. The van der Waals surface area contributed by atoms with Crippen molar-refractivity contribution in [3.8, 4) is 0 Å². The number of hydrogen-bond acceptors (Lipinski definition) is 4. The Hall–Kier alpha value is -2.69. The number of nitrogens with zero attached hydrogens (tertiary/aromatic N) is 1. The first-order valence-corrected chi connectivity index (χ1v) is 6.58. The Kier molecular flexibility index (Phi) is 2.97. The topological polar surface area (TPSA) is 93.3 Å². The molecule has 0 spiro atoms. The van der Waals surface area contributed by atoms with Gasteiger partial charge in [-0.2, -0.15) is 0 Å². The van der Waals surface area contributed by atoms with Crippen LogP contribution in [0.4, 0.5) is 5.82 Å². The number of aromatic carboxylic acids is 1. The zero-order chi connectivity index (χ0) is 15.0. The van der Waals surface area contributed by atoms with E-state index < -0.39 is 11.4 Å². The molecule has 1 aliphatic rings. The fourth-order valence-electron chi connectivity index (χ4n) is 3.01. The number of nitrogens with two attached hydrogens (primary N) is 1. The summed E-state index contributed by atoms with van der Waals surface area (Å²) in [6.07, 6.45) is 3.45. The second-order valence-corrected chi connectivity index (χ2v) is 5.35. The molecule has 1 aliphatic carbocycles. The van der Waals surface area contributed by atoms with Crippen molar-refractivity contribution in [2.75, 3.05) is 5.73 Å². The highest BCUT2D eigenvalue weighted by Gasteiger charge is 2.40. The molecule has 0 fully saturated rings. The van der Waals surface area contributed by atoms with Crippen LogP contribution in [0.1, 0.15) is 27.0 Å². The van der Waals surface area contributed by atoms with Crippen LogP contribution in [-0.2, 0) is 23.1 Å². The molecule has 2 aromatic rings. The molecule has 0 radical (unpaired) electrons. The summed E-state index contributed by atoms with van der Waals surface area (Å²) in [5, 5.41) is 9.06. The van der Waals surface area contributed by atoms with Gasteiger partial charge in [-0.1, -0.05) is 12.1 Å². The van der Waals surface area contributed by atoms with Crippen LogP contribution < -0.4 is 5.73 Å². The predicted molar refractivity (Wildman–Crippen MR) is 77.2 cm³/mol. The van der Waals surface area contributed by atoms with Crippen LogP contribution in [0.25, 0.3) is 0 Å². The SMILES string of the molecule is Nc1ncccc1C1(C=O)Cc2ccc(C(=O)O)cc2C1. The van der Waals surface area contributed by atoms with Gasteiger partial charge in [0.1, 0.15) is 12.1 Å². The van der Waals surface area contributed by atoms with E-state index in [1.807, 2.05) is 0 Å². The number of pyridine rings is 1. The quantitative estimate of drug-likeness (QED) is 0.834. The van der Waals surface area contributed by atoms with Crippen molar-refractivity contribution in [3.63, 3.8) is 0 Å².